The Morgan fingerprint density at radius 1 is 0.818 bits per heavy atom. The number of hydrogen-bond donors (Lipinski definition) is 0. The van der Waals surface area contributed by atoms with E-state index in [1.807, 2.05) is 54.0 Å². The van der Waals surface area contributed by atoms with Crippen LogP contribution in [0.5, 0.6) is 0 Å². The lowest BCUT2D eigenvalue weighted by Gasteiger charge is -2.10. The molecule has 0 amide bonds. The van der Waals surface area contributed by atoms with Crippen molar-refractivity contribution in [2.24, 2.45) is 0 Å². The van der Waals surface area contributed by atoms with Gasteiger partial charge in [-0.3, -0.25) is 4.57 Å². The van der Waals surface area contributed by atoms with E-state index in [2.05, 4.69) is 32.5 Å². The minimum absolute atomic E-state index is 0.289. The number of thioether (sulfide) groups is 1. The van der Waals surface area contributed by atoms with Gasteiger partial charge in [0, 0.05) is 11.1 Å². The quantitative estimate of drug-likeness (QED) is 0.289. The first-order chi connectivity index (χ1) is 16.2. The fourth-order valence-electron chi connectivity index (χ4n) is 3.37. The van der Waals surface area contributed by atoms with Crippen LogP contribution in [-0.2, 0) is 12.3 Å². The first kappa shape index (κ1) is 21.1. The molecule has 0 unspecified atom stereocenters. The van der Waals surface area contributed by atoms with Gasteiger partial charge in [0.15, 0.2) is 11.0 Å². The number of hydrogen-bond acceptors (Lipinski definition) is 6. The van der Waals surface area contributed by atoms with Crippen molar-refractivity contribution in [1.82, 2.24) is 25.0 Å². The van der Waals surface area contributed by atoms with Crippen LogP contribution in [0.25, 0.3) is 22.8 Å². The summed E-state index contributed by atoms with van der Waals surface area (Å²) in [5, 5.41) is 17.9. The smallest absolute Gasteiger partial charge is 0.247 e. The standard InChI is InChI=1S/C25H20FN5OS/c1-17-7-9-20(10-8-17)24-29-27-22(32-24)16-33-25-30-28-23(19-11-13-21(26)14-12-19)31(25)15-18-5-3-2-4-6-18/h2-14H,15-16H2,1H3. The van der Waals surface area contributed by atoms with Crippen LogP contribution >= 0.6 is 11.8 Å². The van der Waals surface area contributed by atoms with Gasteiger partial charge in [0.05, 0.1) is 12.3 Å². The zero-order valence-electron chi connectivity index (χ0n) is 17.9. The highest BCUT2D eigenvalue weighted by Gasteiger charge is 2.17. The minimum Gasteiger partial charge on any atom is -0.420 e. The molecule has 5 rings (SSSR count). The van der Waals surface area contributed by atoms with Crippen LogP contribution in [0.2, 0.25) is 0 Å². The van der Waals surface area contributed by atoms with Crippen molar-refractivity contribution in [3.05, 3.63) is 102 Å². The molecule has 0 fully saturated rings. The topological polar surface area (TPSA) is 69.6 Å². The average Bonchev–Trinajstić information content (AvgIpc) is 3.47. The monoisotopic (exact) mass is 457 g/mol. The highest BCUT2D eigenvalue weighted by molar-refractivity contribution is 7.98. The van der Waals surface area contributed by atoms with E-state index < -0.39 is 0 Å². The molecule has 33 heavy (non-hydrogen) atoms. The van der Waals surface area contributed by atoms with Crippen molar-refractivity contribution in [2.75, 3.05) is 0 Å². The van der Waals surface area contributed by atoms with Gasteiger partial charge in [-0.1, -0.05) is 59.8 Å². The molecule has 0 bridgehead atoms. The van der Waals surface area contributed by atoms with E-state index >= 15 is 0 Å². The third-order valence-electron chi connectivity index (χ3n) is 5.09. The third kappa shape index (κ3) is 4.85. The number of nitrogens with zero attached hydrogens (tertiary/aromatic N) is 5. The Balaban J connectivity index is 1.39. The molecule has 8 heteroatoms. The van der Waals surface area contributed by atoms with Crippen LogP contribution < -0.4 is 0 Å². The van der Waals surface area contributed by atoms with E-state index in [9.17, 15) is 4.39 Å². The lowest BCUT2D eigenvalue weighted by molar-refractivity contribution is 0.528. The molecule has 0 spiro atoms. The maximum atomic E-state index is 13.4. The molecule has 2 heterocycles. The van der Waals surface area contributed by atoms with Crippen molar-refractivity contribution in [3.8, 4) is 22.8 Å². The highest BCUT2D eigenvalue weighted by Crippen LogP contribution is 2.28. The largest absolute Gasteiger partial charge is 0.420 e. The van der Waals surface area contributed by atoms with Gasteiger partial charge in [-0.2, -0.15) is 0 Å². The summed E-state index contributed by atoms with van der Waals surface area (Å²) < 4.78 is 21.3. The maximum Gasteiger partial charge on any atom is 0.247 e. The molecular formula is C25H20FN5OS. The van der Waals surface area contributed by atoms with Crippen LogP contribution in [0.15, 0.2) is 88.4 Å². The Bertz CT molecular complexity index is 1350. The molecule has 0 aliphatic rings. The van der Waals surface area contributed by atoms with Crippen LogP contribution in [-0.4, -0.2) is 25.0 Å². The van der Waals surface area contributed by atoms with E-state index in [1.54, 1.807) is 12.1 Å². The van der Waals surface area contributed by atoms with Crippen molar-refractivity contribution in [1.29, 1.82) is 0 Å². The number of aromatic nitrogens is 5. The van der Waals surface area contributed by atoms with Crippen molar-refractivity contribution >= 4 is 11.8 Å². The van der Waals surface area contributed by atoms with E-state index in [0.717, 1.165) is 16.7 Å². The molecule has 6 nitrogen and oxygen atoms in total. The third-order valence-corrected chi connectivity index (χ3v) is 6.04. The lowest BCUT2D eigenvalue weighted by Crippen LogP contribution is -2.04. The first-order valence-electron chi connectivity index (χ1n) is 10.4. The molecular weight excluding hydrogens is 437 g/mol. The predicted molar refractivity (Wildman–Crippen MR) is 125 cm³/mol. The van der Waals surface area contributed by atoms with Gasteiger partial charge in [0.2, 0.25) is 11.8 Å². The summed E-state index contributed by atoms with van der Waals surface area (Å²) >= 11 is 1.47. The molecule has 5 aromatic rings. The second kappa shape index (κ2) is 9.38. The fourth-order valence-corrected chi connectivity index (χ4v) is 4.14. The molecule has 0 atom stereocenters. The zero-order valence-corrected chi connectivity index (χ0v) is 18.7. The Hall–Kier alpha value is -3.78. The van der Waals surface area contributed by atoms with Crippen LogP contribution in [0.1, 0.15) is 17.0 Å². The molecule has 164 valence electrons. The summed E-state index contributed by atoms with van der Waals surface area (Å²) in [6.45, 7) is 2.62. The van der Waals surface area contributed by atoms with Crippen molar-refractivity contribution in [3.63, 3.8) is 0 Å². The molecule has 3 aromatic carbocycles. The Morgan fingerprint density at radius 2 is 1.55 bits per heavy atom. The molecule has 0 N–H and O–H groups in total. The molecule has 0 saturated heterocycles. The Morgan fingerprint density at radius 3 is 2.30 bits per heavy atom. The van der Waals surface area contributed by atoms with E-state index in [1.165, 1.54) is 29.5 Å². The highest BCUT2D eigenvalue weighted by atomic mass is 32.2. The number of halogens is 1. The van der Waals surface area contributed by atoms with Gasteiger partial charge in [-0.05, 0) is 48.9 Å². The molecule has 0 aliphatic heterocycles. The SMILES string of the molecule is Cc1ccc(-c2nnc(CSc3nnc(-c4ccc(F)cc4)n3Cc3ccccc3)o2)cc1. The summed E-state index contributed by atoms with van der Waals surface area (Å²) in [4.78, 5) is 0. The molecule has 0 aliphatic carbocycles. The average molecular weight is 458 g/mol. The molecule has 0 radical (unpaired) electrons. The summed E-state index contributed by atoms with van der Waals surface area (Å²) in [5.41, 5.74) is 3.96. The molecule has 0 saturated carbocycles. The van der Waals surface area contributed by atoms with E-state index in [-0.39, 0.29) is 5.82 Å². The normalized spacial score (nSPS) is 11.1. The summed E-state index contributed by atoms with van der Waals surface area (Å²) in [5.74, 6) is 1.84. The van der Waals surface area contributed by atoms with Crippen molar-refractivity contribution < 1.29 is 8.81 Å². The second-order valence-corrected chi connectivity index (χ2v) is 8.48. The van der Waals surface area contributed by atoms with Crippen LogP contribution in [0.3, 0.4) is 0 Å². The number of aryl methyl sites for hydroxylation is 1. The summed E-state index contributed by atoms with van der Waals surface area (Å²) in [7, 11) is 0. The Labute approximate surface area is 194 Å². The number of rotatable bonds is 7. The summed E-state index contributed by atoms with van der Waals surface area (Å²) in [6.07, 6.45) is 0. The fraction of sp³-hybridized carbons (Fsp3) is 0.120. The van der Waals surface area contributed by atoms with E-state index in [0.29, 0.717) is 35.1 Å². The van der Waals surface area contributed by atoms with Crippen LogP contribution in [0.4, 0.5) is 4.39 Å². The Kier molecular flexibility index (Phi) is 5.99. The van der Waals surface area contributed by atoms with Crippen molar-refractivity contribution in [2.45, 2.75) is 24.4 Å². The summed E-state index contributed by atoms with van der Waals surface area (Å²) in [6, 6.07) is 24.3. The second-order valence-electron chi connectivity index (χ2n) is 7.54. The van der Waals surface area contributed by atoms with Gasteiger partial charge in [-0.25, -0.2) is 4.39 Å². The van der Waals surface area contributed by atoms with Gasteiger partial charge in [0.25, 0.3) is 0 Å². The number of benzene rings is 3. The minimum atomic E-state index is -0.289. The van der Waals surface area contributed by atoms with Gasteiger partial charge in [-0.15, -0.1) is 20.4 Å². The van der Waals surface area contributed by atoms with Gasteiger partial charge >= 0.3 is 0 Å². The zero-order chi connectivity index (χ0) is 22.6. The van der Waals surface area contributed by atoms with Gasteiger partial charge < -0.3 is 4.42 Å². The van der Waals surface area contributed by atoms with Gasteiger partial charge in [0.1, 0.15) is 5.82 Å². The lowest BCUT2D eigenvalue weighted by atomic mass is 10.1. The molecule has 2 aromatic heterocycles. The van der Waals surface area contributed by atoms with E-state index in [4.69, 9.17) is 4.42 Å². The van der Waals surface area contributed by atoms with Crippen LogP contribution in [0, 0.1) is 12.7 Å². The predicted octanol–water partition coefficient (Wildman–Crippen LogP) is 5.78. The first-order valence-corrected chi connectivity index (χ1v) is 11.4. The maximum absolute atomic E-state index is 13.4.